The Labute approximate surface area is 389 Å². The fourth-order valence-electron chi connectivity index (χ4n) is 16.5. The largest absolute Gasteiger partial charge is 0.462 e. The number of fused-ring (bicyclic) bond motifs is 2. The molecule has 0 bridgehead atoms. The van der Waals surface area contributed by atoms with Crippen molar-refractivity contribution in [1.82, 2.24) is 10.2 Å². The summed E-state index contributed by atoms with van der Waals surface area (Å²) in [5, 5.41) is 4.39. The lowest BCUT2D eigenvalue weighted by Crippen LogP contribution is -2.65. The highest BCUT2D eigenvalue weighted by molar-refractivity contribution is 7.91. The number of carbonyl (C=O) groups excluding carboxylic acids is 2. The van der Waals surface area contributed by atoms with Crippen LogP contribution in [0.1, 0.15) is 172 Å². The molecule has 1 saturated heterocycles. The molecule has 64 heavy (non-hydrogen) atoms. The number of sulfone groups is 1. The molecule has 1 aromatic carbocycles. The van der Waals surface area contributed by atoms with Gasteiger partial charge in [-0.05, 0) is 146 Å². The summed E-state index contributed by atoms with van der Waals surface area (Å²) in [4.78, 5) is 29.8. The van der Waals surface area contributed by atoms with E-state index >= 15 is 0 Å². The van der Waals surface area contributed by atoms with Crippen molar-refractivity contribution in [1.29, 1.82) is 0 Å². The molecule has 1 aromatic rings. The molecule has 0 aromatic heterocycles. The zero-order valence-electron chi connectivity index (χ0n) is 42.0. The molecule has 1 aliphatic heterocycles. The van der Waals surface area contributed by atoms with Crippen LogP contribution in [0.3, 0.4) is 0 Å². The average molecular weight is 905 g/mol. The zero-order valence-corrected chi connectivity index (χ0v) is 42.8. The van der Waals surface area contributed by atoms with E-state index in [4.69, 9.17) is 9.47 Å². The second-order valence-electron chi connectivity index (χ2n) is 25.6. The summed E-state index contributed by atoms with van der Waals surface area (Å²) in [5.41, 5.74) is 1.51. The monoisotopic (exact) mass is 905 g/mol. The molecule has 6 aliphatic carbocycles. The van der Waals surface area contributed by atoms with E-state index in [1.165, 1.54) is 70.6 Å². The van der Waals surface area contributed by atoms with Gasteiger partial charge in [-0.3, -0.25) is 14.5 Å². The van der Waals surface area contributed by atoms with Gasteiger partial charge in [-0.2, -0.15) is 0 Å². The topological polar surface area (TPSA) is 102 Å². The van der Waals surface area contributed by atoms with E-state index < -0.39 is 15.3 Å². The number of esters is 2. The molecule has 12 atom stereocenters. The van der Waals surface area contributed by atoms with Crippen LogP contribution in [0, 0.1) is 73.9 Å². The highest BCUT2D eigenvalue weighted by Gasteiger charge is 2.68. The Balaban J connectivity index is 0.966. The molecule has 7 fully saturated rings. The molecular formula is C55H88N2O6S. The van der Waals surface area contributed by atoms with Crippen molar-refractivity contribution in [2.75, 3.05) is 31.1 Å². The average Bonchev–Trinajstić information content (AvgIpc) is 3.87. The number of nitrogens with one attached hydrogen (secondary N) is 1. The van der Waals surface area contributed by atoms with E-state index in [1.807, 2.05) is 44.2 Å². The molecule has 0 radical (unpaired) electrons. The zero-order chi connectivity index (χ0) is 46.3. The maximum Gasteiger partial charge on any atom is 0.309 e. The first-order valence-electron chi connectivity index (χ1n) is 26.1. The van der Waals surface area contributed by atoms with E-state index in [9.17, 15) is 18.0 Å². The van der Waals surface area contributed by atoms with E-state index in [1.54, 1.807) is 0 Å². The van der Waals surface area contributed by atoms with Crippen molar-refractivity contribution in [3.8, 4) is 0 Å². The molecule has 360 valence electrons. The summed E-state index contributed by atoms with van der Waals surface area (Å²) in [6.07, 6.45) is 16.3. The Morgan fingerprint density at radius 3 is 2.09 bits per heavy atom. The first-order chi connectivity index (χ1) is 30.0. The van der Waals surface area contributed by atoms with Gasteiger partial charge in [-0.15, -0.1) is 0 Å². The van der Waals surface area contributed by atoms with Crippen LogP contribution in [0.4, 0.5) is 0 Å². The summed E-state index contributed by atoms with van der Waals surface area (Å²) < 4.78 is 37.2. The number of nitrogens with zero attached hydrogens (tertiary/aromatic N) is 1. The fourth-order valence-corrected chi connectivity index (χ4v) is 17.7. The van der Waals surface area contributed by atoms with E-state index in [0.29, 0.717) is 54.6 Å². The van der Waals surface area contributed by atoms with Crippen molar-refractivity contribution in [2.24, 2.45) is 73.9 Å². The summed E-state index contributed by atoms with van der Waals surface area (Å²) in [7, 11) is -2.92. The maximum absolute atomic E-state index is 14.1. The predicted octanol–water partition coefficient (Wildman–Crippen LogP) is 11.1. The molecule has 7 aliphatic rings. The third-order valence-electron chi connectivity index (χ3n) is 21.4. The molecule has 8 nitrogen and oxygen atoms in total. The summed E-state index contributed by atoms with van der Waals surface area (Å²) >= 11 is 0. The van der Waals surface area contributed by atoms with Crippen LogP contribution in [0.5, 0.6) is 0 Å². The van der Waals surface area contributed by atoms with E-state index in [2.05, 4.69) is 72.5 Å². The Morgan fingerprint density at radius 1 is 0.797 bits per heavy atom. The molecule has 9 heteroatoms. The minimum absolute atomic E-state index is 0.129. The highest BCUT2D eigenvalue weighted by Crippen LogP contribution is 2.74. The number of hydrogen-bond donors (Lipinski definition) is 1. The lowest BCUT2D eigenvalue weighted by Gasteiger charge is -2.69. The third-order valence-corrected chi connectivity index (χ3v) is 23.0. The van der Waals surface area contributed by atoms with Crippen LogP contribution in [-0.2, 0) is 35.5 Å². The SMILES string of the molecule is CCC[C@@H]1[C@@]2(C)CC[C@H](OC(=O)[C@H]3C[C@@H](C(=O)OCc4ccccc4)C3(C)C)C(C)(C)[C@@H]2CC[C@@]1(C)[C@]1(C)CC[C@@]2(NC[C@@H](C(C)C)N3CCS(=O)(=O)CC3)CC[C@@H](C3(C)CC3)[C@@H]2C1. The summed E-state index contributed by atoms with van der Waals surface area (Å²) in [5.74, 6) is 2.55. The van der Waals surface area contributed by atoms with E-state index in [0.717, 1.165) is 30.9 Å². The van der Waals surface area contributed by atoms with Crippen LogP contribution < -0.4 is 5.32 Å². The van der Waals surface area contributed by atoms with Gasteiger partial charge in [0, 0.05) is 36.6 Å². The van der Waals surface area contributed by atoms with Gasteiger partial charge >= 0.3 is 11.9 Å². The Hall–Kier alpha value is -1.97. The van der Waals surface area contributed by atoms with Crippen molar-refractivity contribution >= 4 is 21.8 Å². The molecule has 8 rings (SSSR count). The number of benzene rings is 1. The van der Waals surface area contributed by atoms with Crippen molar-refractivity contribution in [2.45, 2.75) is 190 Å². The van der Waals surface area contributed by atoms with Gasteiger partial charge in [0.1, 0.15) is 12.7 Å². The molecule has 0 unspecified atom stereocenters. The van der Waals surface area contributed by atoms with Crippen molar-refractivity contribution < 1.29 is 27.5 Å². The molecular weight excluding hydrogens is 817 g/mol. The maximum atomic E-state index is 14.1. The summed E-state index contributed by atoms with van der Waals surface area (Å²) in [6.45, 7) is 29.2. The molecule has 6 saturated carbocycles. The van der Waals surface area contributed by atoms with Crippen LogP contribution >= 0.6 is 0 Å². The van der Waals surface area contributed by atoms with Gasteiger partial charge in [0.15, 0.2) is 9.84 Å². The molecule has 1 heterocycles. The second-order valence-corrected chi connectivity index (χ2v) is 27.9. The highest BCUT2D eigenvalue weighted by atomic mass is 32.2. The normalized spacial score (nSPS) is 41.2. The number of hydrogen-bond acceptors (Lipinski definition) is 8. The van der Waals surface area contributed by atoms with Gasteiger partial charge in [0.25, 0.3) is 0 Å². The van der Waals surface area contributed by atoms with Gasteiger partial charge in [0.2, 0.25) is 0 Å². The Bertz CT molecular complexity index is 1960. The number of carbonyl (C=O) groups is 2. The molecule has 0 amide bonds. The van der Waals surface area contributed by atoms with Gasteiger partial charge in [0.05, 0.1) is 23.3 Å². The minimum Gasteiger partial charge on any atom is -0.462 e. The first-order valence-corrected chi connectivity index (χ1v) is 27.9. The second kappa shape index (κ2) is 17.2. The third kappa shape index (κ3) is 8.38. The van der Waals surface area contributed by atoms with Crippen LogP contribution in [0.15, 0.2) is 30.3 Å². The van der Waals surface area contributed by atoms with E-state index in [-0.39, 0.29) is 75.2 Å². The number of ether oxygens (including phenoxy) is 2. The van der Waals surface area contributed by atoms with Crippen LogP contribution in [0.25, 0.3) is 0 Å². The molecule has 0 spiro atoms. The number of rotatable bonds is 14. The molecule has 1 N–H and O–H groups in total. The van der Waals surface area contributed by atoms with Gasteiger partial charge in [-0.25, -0.2) is 8.42 Å². The van der Waals surface area contributed by atoms with Crippen LogP contribution in [-0.4, -0.2) is 74.1 Å². The Morgan fingerprint density at radius 2 is 1.47 bits per heavy atom. The van der Waals surface area contributed by atoms with Crippen molar-refractivity contribution in [3.05, 3.63) is 35.9 Å². The minimum atomic E-state index is -2.92. The smallest absolute Gasteiger partial charge is 0.309 e. The standard InChI is InChI=1S/C55H88N2O6S/c1-12-16-45-53(10)22-21-46(63-48(59)41-33-40(49(41,4)5)47(58)62-36-38-17-14-13-15-18-38)50(6,7)44(53)20-23-54(45,11)52(9)27-28-55(24-19-39(42(55)34-52)51(8)25-26-51)56-35-43(37(2)3)57-29-31-64(60,61)32-30-57/h13-15,17-18,37,39-46,56H,12,16,19-36H2,1-11H3/t39-,40+,41-,42+,43+,44+,45-,46+,52-,53+,54-,55+/m1/s1. The first kappa shape index (κ1) is 48.5. The predicted molar refractivity (Wildman–Crippen MR) is 257 cm³/mol. The quantitative estimate of drug-likeness (QED) is 0.184. The van der Waals surface area contributed by atoms with Gasteiger partial charge in [-0.1, -0.05) is 113 Å². The lowest BCUT2D eigenvalue weighted by atomic mass is 9.37. The summed E-state index contributed by atoms with van der Waals surface area (Å²) in [6, 6.07) is 10.1. The Kier molecular flexibility index (Phi) is 13.0. The van der Waals surface area contributed by atoms with Crippen LogP contribution in [0.2, 0.25) is 0 Å². The van der Waals surface area contributed by atoms with Gasteiger partial charge < -0.3 is 14.8 Å². The fraction of sp³-hybridized carbons (Fsp3) is 0.855. The van der Waals surface area contributed by atoms with Crippen molar-refractivity contribution in [3.63, 3.8) is 0 Å². The lowest BCUT2D eigenvalue weighted by molar-refractivity contribution is -0.223.